The average Bonchev–Trinajstić information content (AvgIpc) is 2.64. The van der Waals surface area contributed by atoms with Gasteiger partial charge >= 0.3 is 11.9 Å². The molecule has 0 radical (unpaired) electrons. The fourth-order valence-electron chi connectivity index (χ4n) is 2.15. The Hall–Kier alpha value is -0.180. The van der Waals surface area contributed by atoms with Gasteiger partial charge in [-0.1, -0.05) is 0 Å². The molecule has 0 saturated heterocycles. The molecule has 0 saturated carbocycles. The monoisotopic (exact) mass is 866 g/mol. The minimum absolute atomic E-state index is 0.226. The number of aliphatic carboxylic acids is 2. The molecule has 0 aliphatic heterocycles. The zero-order valence-corrected chi connectivity index (χ0v) is 23.8. The van der Waals surface area contributed by atoms with Crippen LogP contribution >= 0.6 is 90.4 Å². The first-order valence-electron chi connectivity index (χ1n) is 8.14. The summed E-state index contributed by atoms with van der Waals surface area (Å²) in [5.74, 6) is -1.59. The Labute approximate surface area is 227 Å². The number of carboxylic acid groups (broad SMARTS) is 2. The number of benzene rings is 2. The third-order valence-electron chi connectivity index (χ3n) is 3.70. The number of hydrogen-bond acceptors (Lipinski definition) is 6. The molecule has 0 unspecified atom stereocenters. The van der Waals surface area contributed by atoms with Crippen LogP contribution in [0.5, 0.6) is 11.5 Å². The second-order valence-corrected chi connectivity index (χ2v) is 10.8. The Kier molecular flexibility index (Phi) is 11.8. The van der Waals surface area contributed by atoms with Gasteiger partial charge in [0.1, 0.15) is 23.6 Å². The lowest BCUT2D eigenvalue weighted by molar-refractivity contribution is -0.139. The van der Waals surface area contributed by atoms with E-state index in [0.717, 1.165) is 11.1 Å². The van der Waals surface area contributed by atoms with Gasteiger partial charge in [-0.25, -0.2) is 0 Å². The summed E-state index contributed by atoms with van der Waals surface area (Å²) in [6.45, 7) is 0. The number of phenolic OH excluding ortho intramolecular Hbond substituents is 2. The van der Waals surface area contributed by atoms with E-state index in [1.165, 1.54) is 0 Å². The molecule has 0 aromatic heterocycles. The van der Waals surface area contributed by atoms with E-state index in [4.69, 9.17) is 21.7 Å². The van der Waals surface area contributed by atoms with Crippen LogP contribution in [0, 0.1) is 14.3 Å². The molecule has 2 rings (SSSR count). The number of halogens is 4. The van der Waals surface area contributed by atoms with Gasteiger partial charge < -0.3 is 31.9 Å². The smallest absolute Gasteiger partial charge is 0.320 e. The Bertz CT molecular complexity index is 819. The third-order valence-corrected chi connectivity index (χ3v) is 6.99. The Morgan fingerprint density at radius 2 is 0.933 bits per heavy atom. The van der Waals surface area contributed by atoms with Gasteiger partial charge in [0.15, 0.2) is 0 Å². The van der Waals surface area contributed by atoms with Crippen LogP contribution in [-0.2, 0) is 22.4 Å². The van der Waals surface area contributed by atoms with Crippen LogP contribution < -0.4 is 11.5 Å². The largest absolute Gasteiger partial charge is 0.506 e. The van der Waals surface area contributed by atoms with Crippen molar-refractivity contribution in [2.45, 2.75) is 24.9 Å². The summed E-state index contributed by atoms with van der Waals surface area (Å²) in [7, 11) is 0. The molecule has 30 heavy (non-hydrogen) atoms. The number of hydrogen-bond donors (Lipinski definition) is 6. The lowest BCUT2D eigenvalue weighted by Crippen LogP contribution is -2.32. The number of rotatable bonds is 6. The van der Waals surface area contributed by atoms with Crippen molar-refractivity contribution in [3.05, 3.63) is 49.7 Å². The van der Waals surface area contributed by atoms with Crippen LogP contribution in [0.15, 0.2) is 24.3 Å². The van der Waals surface area contributed by atoms with Crippen molar-refractivity contribution in [2.75, 3.05) is 0 Å². The second-order valence-electron chi connectivity index (χ2n) is 6.11. The van der Waals surface area contributed by atoms with Crippen LogP contribution in [0.4, 0.5) is 0 Å². The van der Waals surface area contributed by atoms with Crippen LogP contribution in [0.3, 0.4) is 0 Å². The molecular weight excluding hydrogens is 848 g/mol. The fourth-order valence-corrected chi connectivity index (χ4v) is 5.95. The highest BCUT2D eigenvalue weighted by Crippen LogP contribution is 2.28. The molecule has 0 spiro atoms. The van der Waals surface area contributed by atoms with Crippen molar-refractivity contribution < 1.29 is 30.0 Å². The van der Waals surface area contributed by atoms with Gasteiger partial charge in [0.2, 0.25) is 0 Å². The standard InChI is InChI=1S/2C9H9I2NO3/c2*10-5-1-4(2-6(11)8(5)13)3-7(12)9(14)15/h2*1-2,7,13H,3,12H2,(H,14,15)/t2*7-/m00/s1. The number of aromatic hydroxyl groups is 2. The zero-order valence-electron chi connectivity index (χ0n) is 15.2. The van der Waals surface area contributed by atoms with Crippen molar-refractivity contribution in [1.29, 1.82) is 0 Å². The first kappa shape index (κ1) is 27.9. The minimum atomic E-state index is -1.02. The van der Waals surface area contributed by atoms with E-state index < -0.39 is 24.0 Å². The lowest BCUT2D eigenvalue weighted by atomic mass is 10.1. The molecular formula is C18H18I4N2O6. The quantitative estimate of drug-likeness (QED) is 0.241. The van der Waals surface area contributed by atoms with Gasteiger partial charge in [0.25, 0.3) is 0 Å². The molecule has 2 atom stereocenters. The SMILES string of the molecule is N[C@@H](Cc1cc(I)c(O)c(I)c1)C(=O)O.N[C@@H](Cc1cc(I)c(O)c(I)c1)C(=O)O. The van der Waals surface area contributed by atoms with Crippen LogP contribution in [-0.4, -0.2) is 44.4 Å². The molecule has 8 nitrogen and oxygen atoms in total. The summed E-state index contributed by atoms with van der Waals surface area (Å²) in [6.07, 6.45) is 0.531. The Morgan fingerprint density at radius 1 is 0.700 bits per heavy atom. The van der Waals surface area contributed by atoms with Gasteiger partial charge in [-0.05, 0) is 139 Å². The maximum atomic E-state index is 10.6. The third kappa shape index (κ3) is 8.75. The first-order chi connectivity index (χ1) is 13.8. The van der Waals surface area contributed by atoms with Crippen LogP contribution in [0.1, 0.15) is 11.1 Å². The average molecular weight is 866 g/mol. The van der Waals surface area contributed by atoms with Gasteiger partial charge in [0.05, 0.1) is 14.3 Å². The van der Waals surface area contributed by atoms with Gasteiger partial charge in [-0.3, -0.25) is 9.59 Å². The number of carbonyl (C=O) groups is 2. The molecule has 2 aromatic carbocycles. The van der Waals surface area contributed by atoms with Crippen molar-refractivity contribution in [2.24, 2.45) is 11.5 Å². The molecule has 0 bridgehead atoms. The van der Waals surface area contributed by atoms with E-state index in [-0.39, 0.29) is 24.3 Å². The summed E-state index contributed by atoms with van der Waals surface area (Å²) >= 11 is 7.99. The van der Waals surface area contributed by atoms with Crippen molar-refractivity contribution in [3.8, 4) is 11.5 Å². The van der Waals surface area contributed by atoms with Crippen LogP contribution in [0.25, 0.3) is 0 Å². The lowest BCUT2D eigenvalue weighted by Gasteiger charge is -2.08. The molecule has 2 aromatic rings. The van der Waals surface area contributed by atoms with E-state index in [1.54, 1.807) is 24.3 Å². The van der Waals surface area contributed by atoms with Crippen molar-refractivity contribution >= 4 is 102 Å². The Balaban J connectivity index is 0.000000300. The maximum Gasteiger partial charge on any atom is 0.320 e. The number of phenols is 2. The predicted octanol–water partition coefficient (Wildman–Crippen LogP) is 3.11. The Morgan fingerprint density at radius 3 is 1.13 bits per heavy atom. The van der Waals surface area contributed by atoms with Crippen LogP contribution in [0.2, 0.25) is 0 Å². The molecule has 0 aliphatic carbocycles. The molecule has 0 amide bonds. The molecule has 164 valence electrons. The van der Waals surface area contributed by atoms with E-state index >= 15 is 0 Å². The molecule has 0 aliphatic rings. The fraction of sp³-hybridized carbons (Fsp3) is 0.222. The highest BCUT2D eigenvalue weighted by molar-refractivity contribution is 14.1. The van der Waals surface area contributed by atoms with Gasteiger partial charge in [-0.15, -0.1) is 0 Å². The molecule has 12 heteroatoms. The first-order valence-corrected chi connectivity index (χ1v) is 12.5. The highest BCUT2D eigenvalue weighted by atomic mass is 127. The normalized spacial score (nSPS) is 12.5. The summed E-state index contributed by atoms with van der Waals surface area (Å²) < 4.78 is 2.80. The van der Waals surface area contributed by atoms with E-state index in [2.05, 4.69) is 0 Å². The molecule has 8 N–H and O–H groups in total. The topological polar surface area (TPSA) is 167 Å². The predicted molar refractivity (Wildman–Crippen MR) is 146 cm³/mol. The summed E-state index contributed by atoms with van der Waals surface area (Å²) in [5, 5.41) is 36.3. The summed E-state index contributed by atoms with van der Waals surface area (Å²) in [5.41, 5.74) is 12.5. The highest BCUT2D eigenvalue weighted by Gasteiger charge is 2.15. The molecule has 0 heterocycles. The summed E-state index contributed by atoms with van der Waals surface area (Å²) in [4.78, 5) is 21.1. The van der Waals surface area contributed by atoms with Gasteiger partial charge in [-0.2, -0.15) is 0 Å². The maximum absolute atomic E-state index is 10.6. The second kappa shape index (κ2) is 12.8. The van der Waals surface area contributed by atoms with E-state index in [0.29, 0.717) is 14.3 Å². The number of nitrogens with two attached hydrogens (primary N) is 2. The van der Waals surface area contributed by atoms with Crippen molar-refractivity contribution in [3.63, 3.8) is 0 Å². The number of carboxylic acids is 2. The van der Waals surface area contributed by atoms with E-state index in [9.17, 15) is 19.8 Å². The van der Waals surface area contributed by atoms with Gasteiger partial charge in [0, 0.05) is 0 Å². The van der Waals surface area contributed by atoms with E-state index in [1.807, 2.05) is 90.4 Å². The molecule has 0 fully saturated rings. The zero-order chi connectivity index (χ0) is 23.2. The van der Waals surface area contributed by atoms with Crippen molar-refractivity contribution in [1.82, 2.24) is 0 Å². The minimum Gasteiger partial charge on any atom is -0.506 e. The summed E-state index contributed by atoms with van der Waals surface area (Å²) in [6, 6.07) is 5.14.